The van der Waals surface area contributed by atoms with Crippen molar-refractivity contribution in [2.24, 2.45) is 0 Å². The van der Waals surface area contributed by atoms with Crippen molar-refractivity contribution >= 4 is 34.5 Å². The predicted molar refractivity (Wildman–Crippen MR) is 98.3 cm³/mol. The molecular formula is C18H22N2O3S. The van der Waals surface area contributed by atoms with E-state index in [-0.39, 0.29) is 11.8 Å². The van der Waals surface area contributed by atoms with E-state index in [0.29, 0.717) is 22.0 Å². The largest absolute Gasteiger partial charge is 0.495 e. The molecule has 1 aromatic heterocycles. The van der Waals surface area contributed by atoms with Gasteiger partial charge in [-0.05, 0) is 43.2 Å². The number of carbonyl (C=O) groups excluding carboxylic acids is 2. The maximum absolute atomic E-state index is 12.5. The molecule has 0 radical (unpaired) electrons. The van der Waals surface area contributed by atoms with Crippen LogP contribution in [0.25, 0.3) is 0 Å². The first-order valence-electron chi connectivity index (χ1n) is 7.80. The number of nitrogens with one attached hydrogen (secondary N) is 2. The Labute approximate surface area is 146 Å². The summed E-state index contributed by atoms with van der Waals surface area (Å²) in [6, 6.07) is 7.07. The number of carbonyl (C=O) groups is 2. The Morgan fingerprint density at radius 2 is 1.96 bits per heavy atom. The normalized spacial score (nSPS) is 10.3. The highest BCUT2D eigenvalue weighted by atomic mass is 32.1. The van der Waals surface area contributed by atoms with Gasteiger partial charge in [0, 0.05) is 17.5 Å². The molecule has 24 heavy (non-hydrogen) atoms. The van der Waals surface area contributed by atoms with E-state index >= 15 is 0 Å². The van der Waals surface area contributed by atoms with Crippen LogP contribution in [-0.4, -0.2) is 18.9 Å². The zero-order valence-electron chi connectivity index (χ0n) is 14.4. The molecule has 0 fully saturated rings. The van der Waals surface area contributed by atoms with Crippen molar-refractivity contribution in [3.63, 3.8) is 0 Å². The van der Waals surface area contributed by atoms with Crippen molar-refractivity contribution in [2.75, 3.05) is 17.7 Å². The number of benzene rings is 1. The minimum Gasteiger partial charge on any atom is -0.495 e. The highest BCUT2D eigenvalue weighted by Crippen LogP contribution is 2.30. The molecule has 1 aromatic carbocycles. The van der Waals surface area contributed by atoms with Gasteiger partial charge in [0.1, 0.15) is 5.75 Å². The molecular weight excluding hydrogens is 324 g/mol. The first-order valence-corrected chi connectivity index (χ1v) is 8.62. The third-order valence-corrected chi connectivity index (χ3v) is 4.62. The van der Waals surface area contributed by atoms with E-state index in [4.69, 9.17) is 4.74 Å². The molecule has 2 amide bonds. The number of thiophene rings is 1. The molecule has 5 nitrogen and oxygen atoms in total. The van der Waals surface area contributed by atoms with Crippen LogP contribution in [0.2, 0.25) is 0 Å². The third kappa shape index (κ3) is 4.35. The number of hydrogen-bond acceptors (Lipinski definition) is 4. The summed E-state index contributed by atoms with van der Waals surface area (Å²) in [5.41, 5.74) is 2.34. The van der Waals surface area contributed by atoms with Crippen molar-refractivity contribution in [3.8, 4) is 5.75 Å². The van der Waals surface area contributed by atoms with Gasteiger partial charge in [-0.2, -0.15) is 0 Å². The first kappa shape index (κ1) is 18.0. The lowest BCUT2D eigenvalue weighted by Gasteiger charge is -2.12. The van der Waals surface area contributed by atoms with Crippen LogP contribution in [-0.2, 0) is 11.2 Å². The first-order chi connectivity index (χ1) is 11.4. The predicted octanol–water partition coefficient (Wildman–Crippen LogP) is 4.23. The van der Waals surface area contributed by atoms with Crippen LogP contribution in [0.3, 0.4) is 0 Å². The lowest BCUT2D eigenvalue weighted by Crippen LogP contribution is -2.12. The van der Waals surface area contributed by atoms with Crippen LogP contribution in [0.1, 0.15) is 40.4 Å². The summed E-state index contributed by atoms with van der Waals surface area (Å²) in [6.07, 6.45) is 2.02. The van der Waals surface area contributed by atoms with E-state index in [0.717, 1.165) is 12.8 Å². The minimum atomic E-state index is -0.177. The topological polar surface area (TPSA) is 67.4 Å². The van der Waals surface area contributed by atoms with Gasteiger partial charge in [0.05, 0.1) is 17.7 Å². The highest BCUT2D eigenvalue weighted by Gasteiger charge is 2.15. The molecule has 0 unspecified atom stereocenters. The minimum absolute atomic E-state index is 0.171. The van der Waals surface area contributed by atoms with Crippen molar-refractivity contribution in [1.29, 1.82) is 0 Å². The number of anilines is 2. The summed E-state index contributed by atoms with van der Waals surface area (Å²) in [5.74, 6) is 0.193. The molecule has 6 heteroatoms. The van der Waals surface area contributed by atoms with E-state index in [9.17, 15) is 9.59 Å². The third-order valence-electron chi connectivity index (χ3n) is 3.53. The zero-order chi connectivity index (χ0) is 17.7. The maximum Gasteiger partial charge on any atom is 0.265 e. The molecule has 2 N–H and O–H groups in total. The van der Waals surface area contributed by atoms with Gasteiger partial charge >= 0.3 is 0 Å². The summed E-state index contributed by atoms with van der Waals surface area (Å²) >= 11 is 1.49. The Bertz CT molecular complexity index is 753. The molecule has 0 saturated carbocycles. The Hall–Kier alpha value is -2.34. The average Bonchev–Trinajstić information content (AvgIpc) is 2.89. The van der Waals surface area contributed by atoms with Crippen LogP contribution in [0.5, 0.6) is 5.75 Å². The number of aryl methyl sites for hydroxylation is 2. The Morgan fingerprint density at radius 3 is 2.58 bits per heavy atom. The van der Waals surface area contributed by atoms with E-state index in [2.05, 4.69) is 17.6 Å². The van der Waals surface area contributed by atoms with Gasteiger partial charge in [-0.15, -0.1) is 11.3 Å². The molecule has 128 valence electrons. The van der Waals surface area contributed by atoms with E-state index in [1.165, 1.54) is 35.8 Å². The summed E-state index contributed by atoms with van der Waals surface area (Å²) in [6.45, 7) is 5.59. The van der Waals surface area contributed by atoms with Crippen LogP contribution < -0.4 is 15.4 Å². The van der Waals surface area contributed by atoms with Crippen molar-refractivity contribution in [2.45, 2.75) is 33.6 Å². The second-order valence-corrected chi connectivity index (χ2v) is 6.75. The summed E-state index contributed by atoms with van der Waals surface area (Å²) in [4.78, 5) is 25.6. The van der Waals surface area contributed by atoms with E-state index < -0.39 is 0 Å². The van der Waals surface area contributed by atoms with Crippen LogP contribution in [0.4, 0.5) is 11.4 Å². The molecule has 1 heterocycles. The van der Waals surface area contributed by atoms with Gasteiger partial charge in [-0.1, -0.05) is 13.3 Å². The monoisotopic (exact) mass is 346 g/mol. The molecule has 0 saturated heterocycles. The number of amides is 2. The molecule has 2 aromatic rings. The highest BCUT2D eigenvalue weighted by molar-refractivity contribution is 7.14. The Balaban J connectivity index is 2.23. The molecule has 0 atom stereocenters. The van der Waals surface area contributed by atoms with Gasteiger partial charge in [0.2, 0.25) is 5.91 Å². The maximum atomic E-state index is 12.5. The lowest BCUT2D eigenvalue weighted by atomic mass is 10.1. The van der Waals surface area contributed by atoms with E-state index in [1.807, 2.05) is 13.0 Å². The van der Waals surface area contributed by atoms with Gasteiger partial charge in [0.15, 0.2) is 0 Å². The smallest absolute Gasteiger partial charge is 0.265 e. The SMILES string of the molecule is CCCc1cc(C(=O)Nc2cc(NC(C)=O)ccc2OC)sc1C. The fourth-order valence-electron chi connectivity index (χ4n) is 2.42. The van der Waals surface area contributed by atoms with Gasteiger partial charge in [0.25, 0.3) is 5.91 Å². The fraction of sp³-hybridized carbons (Fsp3) is 0.333. The number of rotatable bonds is 6. The molecule has 0 aliphatic heterocycles. The molecule has 0 spiro atoms. The van der Waals surface area contributed by atoms with E-state index in [1.54, 1.807) is 18.2 Å². The van der Waals surface area contributed by atoms with Crippen molar-refractivity contribution in [3.05, 3.63) is 39.6 Å². The standard InChI is InChI=1S/C18H22N2O3S/c1-5-6-13-9-17(24-11(13)2)18(22)20-15-10-14(19-12(3)21)7-8-16(15)23-4/h7-10H,5-6H2,1-4H3,(H,19,21)(H,20,22). The van der Waals surface area contributed by atoms with Crippen LogP contribution in [0, 0.1) is 6.92 Å². The molecule has 0 aliphatic carbocycles. The zero-order valence-corrected chi connectivity index (χ0v) is 15.2. The number of methoxy groups -OCH3 is 1. The average molecular weight is 346 g/mol. The fourth-order valence-corrected chi connectivity index (χ4v) is 3.39. The second kappa shape index (κ2) is 7.97. The van der Waals surface area contributed by atoms with Gasteiger partial charge in [-0.25, -0.2) is 0 Å². The molecule has 2 rings (SSSR count). The van der Waals surface area contributed by atoms with Crippen molar-refractivity contribution < 1.29 is 14.3 Å². The van der Waals surface area contributed by atoms with Crippen molar-refractivity contribution in [1.82, 2.24) is 0 Å². The summed E-state index contributed by atoms with van der Waals surface area (Å²) in [7, 11) is 1.54. The van der Waals surface area contributed by atoms with Crippen LogP contribution in [0.15, 0.2) is 24.3 Å². The number of ether oxygens (including phenoxy) is 1. The lowest BCUT2D eigenvalue weighted by molar-refractivity contribution is -0.114. The molecule has 0 bridgehead atoms. The Morgan fingerprint density at radius 1 is 1.21 bits per heavy atom. The van der Waals surface area contributed by atoms with Gasteiger partial charge < -0.3 is 15.4 Å². The van der Waals surface area contributed by atoms with Gasteiger partial charge in [-0.3, -0.25) is 9.59 Å². The second-order valence-electron chi connectivity index (χ2n) is 5.49. The quantitative estimate of drug-likeness (QED) is 0.822. The molecule has 0 aliphatic rings. The number of hydrogen-bond donors (Lipinski definition) is 2. The summed E-state index contributed by atoms with van der Waals surface area (Å²) < 4.78 is 5.29. The summed E-state index contributed by atoms with van der Waals surface area (Å²) in [5, 5.41) is 5.57. The van der Waals surface area contributed by atoms with Crippen LogP contribution >= 0.6 is 11.3 Å². The Kier molecular flexibility index (Phi) is 5.98.